The Kier molecular flexibility index (Phi) is 4.21. The quantitative estimate of drug-likeness (QED) is 0.312. The molecule has 2 aromatic heterocycles. The predicted molar refractivity (Wildman–Crippen MR) is 116 cm³/mol. The normalized spacial score (nSPS) is 11.2. The highest BCUT2D eigenvalue weighted by atomic mass is 16.6. The Morgan fingerprint density at radius 3 is 2.33 bits per heavy atom. The molecule has 3 aromatic carbocycles. The number of benzene rings is 3. The van der Waals surface area contributed by atoms with Gasteiger partial charge in [-0.25, -0.2) is 15.0 Å². The molecule has 5 aromatic rings. The molecule has 146 valence electrons. The van der Waals surface area contributed by atoms with Gasteiger partial charge in [0.05, 0.1) is 16.0 Å². The smallest absolute Gasteiger partial charge is 0.270 e. The third-order valence-electron chi connectivity index (χ3n) is 5.09. The average molecular weight is 395 g/mol. The third-order valence-corrected chi connectivity index (χ3v) is 5.09. The van der Waals surface area contributed by atoms with E-state index < -0.39 is 4.92 Å². The summed E-state index contributed by atoms with van der Waals surface area (Å²) in [5.74, 6) is 0.563. The first-order valence-electron chi connectivity index (χ1n) is 9.63. The number of para-hydroxylation sites is 2. The first-order valence-corrected chi connectivity index (χ1v) is 9.63. The fourth-order valence-electron chi connectivity index (χ4n) is 3.53. The molecule has 0 aliphatic rings. The molecule has 0 bridgehead atoms. The van der Waals surface area contributed by atoms with E-state index in [1.54, 1.807) is 6.07 Å². The lowest BCUT2D eigenvalue weighted by Crippen LogP contribution is -2.00. The van der Waals surface area contributed by atoms with E-state index in [0.717, 1.165) is 23.1 Å². The maximum Gasteiger partial charge on any atom is 0.270 e. The number of nitro benzene ring substituents is 1. The zero-order valence-corrected chi connectivity index (χ0v) is 16.2. The maximum absolute atomic E-state index is 11.3. The number of fused-ring (bicyclic) bond motifs is 2. The van der Waals surface area contributed by atoms with Gasteiger partial charge in [0.2, 0.25) is 0 Å². The monoisotopic (exact) mass is 395 g/mol. The molecule has 0 N–H and O–H groups in total. The second-order valence-corrected chi connectivity index (χ2v) is 6.96. The Labute approximate surface area is 171 Å². The molecule has 0 aliphatic carbocycles. The number of imidazole rings is 1. The molecule has 5 rings (SSSR count). The number of nitro groups is 1. The van der Waals surface area contributed by atoms with Gasteiger partial charge in [-0.3, -0.25) is 14.7 Å². The van der Waals surface area contributed by atoms with Crippen LogP contribution in [0.1, 0.15) is 12.5 Å². The van der Waals surface area contributed by atoms with Gasteiger partial charge in [0, 0.05) is 23.4 Å². The molecule has 0 unspecified atom stereocenters. The van der Waals surface area contributed by atoms with E-state index in [1.165, 1.54) is 17.7 Å². The zero-order chi connectivity index (χ0) is 20.7. The van der Waals surface area contributed by atoms with Crippen molar-refractivity contribution in [2.75, 3.05) is 0 Å². The van der Waals surface area contributed by atoms with E-state index in [9.17, 15) is 10.1 Å². The third kappa shape index (κ3) is 2.97. The van der Waals surface area contributed by atoms with Gasteiger partial charge in [0.1, 0.15) is 5.82 Å². The van der Waals surface area contributed by atoms with Crippen molar-refractivity contribution in [1.82, 2.24) is 19.5 Å². The summed E-state index contributed by atoms with van der Waals surface area (Å²) >= 11 is 0. The molecule has 0 fully saturated rings. The van der Waals surface area contributed by atoms with Crippen molar-refractivity contribution < 1.29 is 4.92 Å². The summed E-state index contributed by atoms with van der Waals surface area (Å²) in [5, 5.41) is 11.3. The Bertz CT molecular complexity index is 1410. The summed E-state index contributed by atoms with van der Waals surface area (Å²) in [5.41, 5.74) is 5.36. The Morgan fingerprint density at radius 2 is 1.63 bits per heavy atom. The Balaban J connectivity index is 1.83. The van der Waals surface area contributed by atoms with Gasteiger partial charge < -0.3 is 0 Å². The molecule has 0 aliphatic heterocycles. The molecular weight excluding hydrogens is 378 g/mol. The van der Waals surface area contributed by atoms with Crippen LogP contribution in [-0.2, 0) is 6.42 Å². The Morgan fingerprint density at radius 1 is 0.900 bits per heavy atom. The molecule has 0 saturated carbocycles. The number of nitrogens with zero attached hydrogens (tertiary/aromatic N) is 5. The van der Waals surface area contributed by atoms with Crippen molar-refractivity contribution in [3.63, 3.8) is 0 Å². The van der Waals surface area contributed by atoms with Crippen molar-refractivity contribution >= 4 is 28.0 Å². The number of aryl methyl sites for hydroxylation is 1. The summed E-state index contributed by atoms with van der Waals surface area (Å²) in [7, 11) is 0. The lowest BCUT2D eigenvalue weighted by Gasteiger charge is -2.10. The molecule has 0 radical (unpaired) electrons. The second kappa shape index (κ2) is 7.04. The summed E-state index contributed by atoms with van der Waals surface area (Å²) in [6.07, 6.45) is 0.938. The van der Waals surface area contributed by atoms with Gasteiger partial charge in [-0.2, -0.15) is 0 Å². The van der Waals surface area contributed by atoms with Crippen LogP contribution in [0.2, 0.25) is 0 Å². The van der Waals surface area contributed by atoms with Gasteiger partial charge in [-0.1, -0.05) is 43.3 Å². The highest BCUT2D eigenvalue weighted by molar-refractivity contribution is 5.86. The molecule has 7 nitrogen and oxygen atoms in total. The van der Waals surface area contributed by atoms with Gasteiger partial charge in [-0.05, 0) is 36.2 Å². The van der Waals surface area contributed by atoms with Gasteiger partial charge in [0.25, 0.3) is 5.69 Å². The highest BCUT2D eigenvalue weighted by Crippen LogP contribution is 2.30. The SMILES string of the molecule is CCc1ccc(-n2c(-c3cccc([N+](=O)[O-])c3)nc3nc4ccccc4nc32)cc1. The van der Waals surface area contributed by atoms with Gasteiger partial charge in [-0.15, -0.1) is 0 Å². The average Bonchev–Trinajstić information content (AvgIpc) is 3.16. The van der Waals surface area contributed by atoms with E-state index in [2.05, 4.69) is 24.0 Å². The largest absolute Gasteiger partial charge is 0.275 e. The van der Waals surface area contributed by atoms with Crippen molar-refractivity contribution in [2.24, 2.45) is 0 Å². The number of non-ortho nitro benzene ring substituents is 1. The molecule has 0 spiro atoms. The molecule has 0 atom stereocenters. The lowest BCUT2D eigenvalue weighted by molar-refractivity contribution is -0.384. The van der Waals surface area contributed by atoms with Crippen molar-refractivity contribution in [3.8, 4) is 17.1 Å². The van der Waals surface area contributed by atoms with Crippen molar-refractivity contribution in [2.45, 2.75) is 13.3 Å². The number of rotatable bonds is 4. The van der Waals surface area contributed by atoms with E-state index >= 15 is 0 Å². The van der Waals surface area contributed by atoms with E-state index in [-0.39, 0.29) is 5.69 Å². The molecular formula is C23H17N5O2. The minimum absolute atomic E-state index is 0.0125. The fourth-order valence-corrected chi connectivity index (χ4v) is 3.53. The van der Waals surface area contributed by atoms with Crippen molar-refractivity contribution in [1.29, 1.82) is 0 Å². The molecule has 7 heteroatoms. The van der Waals surface area contributed by atoms with Crippen LogP contribution in [0.4, 0.5) is 5.69 Å². The van der Waals surface area contributed by atoms with Crippen LogP contribution in [0, 0.1) is 10.1 Å². The standard InChI is InChI=1S/C23H17N5O2/c1-2-15-10-12-17(13-11-15)27-22(16-6-5-7-18(14-16)28(29)30)26-21-23(27)25-20-9-4-3-8-19(20)24-21/h3-14H,2H2,1H3. The van der Waals surface area contributed by atoms with Crippen LogP contribution >= 0.6 is 0 Å². The van der Waals surface area contributed by atoms with Gasteiger partial charge >= 0.3 is 0 Å². The first kappa shape index (κ1) is 17.9. The summed E-state index contributed by atoms with van der Waals surface area (Å²) in [6, 6.07) is 22.2. The summed E-state index contributed by atoms with van der Waals surface area (Å²) in [6.45, 7) is 2.10. The van der Waals surface area contributed by atoms with Crippen LogP contribution in [0.15, 0.2) is 72.8 Å². The lowest BCUT2D eigenvalue weighted by atomic mass is 10.1. The first-order chi connectivity index (χ1) is 14.6. The minimum atomic E-state index is -0.405. The maximum atomic E-state index is 11.3. The van der Waals surface area contributed by atoms with Gasteiger partial charge in [0.15, 0.2) is 11.3 Å². The van der Waals surface area contributed by atoms with Crippen LogP contribution in [-0.4, -0.2) is 24.4 Å². The van der Waals surface area contributed by atoms with E-state index in [4.69, 9.17) is 9.97 Å². The number of hydrogen-bond acceptors (Lipinski definition) is 5. The van der Waals surface area contributed by atoms with Crippen LogP contribution in [0.3, 0.4) is 0 Å². The van der Waals surface area contributed by atoms with Crippen LogP contribution in [0.5, 0.6) is 0 Å². The topological polar surface area (TPSA) is 86.7 Å². The van der Waals surface area contributed by atoms with E-state index in [1.807, 2.05) is 47.0 Å². The molecule has 2 heterocycles. The number of hydrogen-bond donors (Lipinski definition) is 0. The van der Waals surface area contributed by atoms with Crippen LogP contribution in [0.25, 0.3) is 39.4 Å². The molecule has 30 heavy (non-hydrogen) atoms. The second-order valence-electron chi connectivity index (χ2n) is 6.96. The van der Waals surface area contributed by atoms with E-state index in [0.29, 0.717) is 22.7 Å². The fraction of sp³-hybridized carbons (Fsp3) is 0.0870. The molecule has 0 amide bonds. The number of aromatic nitrogens is 4. The Hall–Kier alpha value is -4.13. The summed E-state index contributed by atoms with van der Waals surface area (Å²) in [4.78, 5) is 25.1. The molecule has 0 saturated heterocycles. The zero-order valence-electron chi connectivity index (χ0n) is 16.2. The minimum Gasteiger partial charge on any atom is -0.275 e. The highest BCUT2D eigenvalue weighted by Gasteiger charge is 2.19. The summed E-state index contributed by atoms with van der Waals surface area (Å²) < 4.78 is 1.91. The van der Waals surface area contributed by atoms with Crippen molar-refractivity contribution in [3.05, 3.63) is 88.5 Å². The van der Waals surface area contributed by atoms with Crippen LogP contribution < -0.4 is 0 Å². The predicted octanol–water partition coefficient (Wildman–Crippen LogP) is 5.11.